The molecular weight excluding hydrogens is 343 g/mol. The van der Waals surface area contributed by atoms with Crippen LogP contribution in [0.2, 0.25) is 0 Å². The molecule has 2 rings (SSSR count). The second-order valence-electron chi connectivity index (χ2n) is 5.47. The molecule has 2 N–H and O–H groups in total. The Kier molecular flexibility index (Phi) is 4.91. The van der Waals surface area contributed by atoms with Crippen molar-refractivity contribution < 1.29 is 26.7 Å². The van der Waals surface area contributed by atoms with E-state index < -0.39 is 28.2 Å². The predicted molar refractivity (Wildman–Crippen MR) is 83.5 cm³/mol. The number of halogens is 3. The summed E-state index contributed by atoms with van der Waals surface area (Å²) in [6.45, 7) is -0.0878. The minimum Gasteiger partial charge on any atom is -0.382 e. The maximum Gasteiger partial charge on any atom is 0.418 e. The highest BCUT2D eigenvalue weighted by Gasteiger charge is 2.49. The molecular formula is C16H16F3NO3S. The Labute approximate surface area is 137 Å². The summed E-state index contributed by atoms with van der Waals surface area (Å²) in [7, 11) is -3.68. The molecule has 0 saturated carbocycles. The summed E-state index contributed by atoms with van der Waals surface area (Å²) in [5.74, 6) is 0. The zero-order chi connectivity index (χ0) is 18.0. The zero-order valence-electron chi connectivity index (χ0n) is 12.7. The van der Waals surface area contributed by atoms with E-state index in [-0.39, 0.29) is 15.5 Å². The van der Waals surface area contributed by atoms with Gasteiger partial charge in [0.15, 0.2) is 5.60 Å². The normalized spacial score (nSPS) is 14.9. The van der Waals surface area contributed by atoms with Crippen molar-refractivity contribution in [3.63, 3.8) is 0 Å². The molecule has 1 atom stereocenters. The minimum absolute atomic E-state index is 0.0295. The van der Waals surface area contributed by atoms with Crippen LogP contribution in [0.3, 0.4) is 0 Å². The molecule has 0 saturated heterocycles. The Bertz CT molecular complexity index is 786. The van der Waals surface area contributed by atoms with Gasteiger partial charge in [0.2, 0.25) is 9.84 Å². The van der Waals surface area contributed by atoms with Gasteiger partial charge in [-0.05, 0) is 43.3 Å². The van der Waals surface area contributed by atoms with E-state index in [0.29, 0.717) is 6.92 Å². The van der Waals surface area contributed by atoms with E-state index in [2.05, 4.69) is 5.32 Å². The molecule has 0 aliphatic rings. The predicted octanol–water partition coefficient (Wildman–Crippen LogP) is 3.24. The molecule has 2 aromatic rings. The Morgan fingerprint density at radius 3 is 1.96 bits per heavy atom. The zero-order valence-corrected chi connectivity index (χ0v) is 13.5. The summed E-state index contributed by atoms with van der Waals surface area (Å²) >= 11 is 0. The Balaban J connectivity index is 2.15. The summed E-state index contributed by atoms with van der Waals surface area (Å²) in [6, 6.07) is 13.1. The van der Waals surface area contributed by atoms with Gasteiger partial charge in [0.25, 0.3) is 0 Å². The van der Waals surface area contributed by atoms with E-state index in [1.807, 2.05) is 0 Å². The minimum atomic E-state index is -4.77. The topological polar surface area (TPSA) is 66.4 Å². The van der Waals surface area contributed by atoms with E-state index in [9.17, 15) is 26.7 Å². The number of benzene rings is 2. The molecule has 1 unspecified atom stereocenters. The van der Waals surface area contributed by atoms with Gasteiger partial charge >= 0.3 is 6.18 Å². The van der Waals surface area contributed by atoms with Gasteiger partial charge < -0.3 is 10.4 Å². The fourth-order valence-corrected chi connectivity index (χ4v) is 3.14. The van der Waals surface area contributed by atoms with Crippen molar-refractivity contribution >= 4 is 15.5 Å². The van der Waals surface area contributed by atoms with Crippen molar-refractivity contribution in [2.45, 2.75) is 28.5 Å². The van der Waals surface area contributed by atoms with Crippen LogP contribution in [-0.4, -0.2) is 31.8 Å². The molecule has 130 valence electrons. The highest BCUT2D eigenvalue weighted by molar-refractivity contribution is 7.91. The lowest BCUT2D eigenvalue weighted by Crippen LogP contribution is -2.47. The van der Waals surface area contributed by atoms with Crippen LogP contribution >= 0.6 is 0 Å². The molecule has 4 nitrogen and oxygen atoms in total. The van der Waals surface area contributed by atoms with Gasteiger partial charge in [-0.25, -0.2) is 8.42 Å². The Morgan fingerprint density at radius 2 is 1.46 bits per heavy atom. The van der Waals surface area contributed by atoms with Crippen LogP contribution in [0.5, 0.6) is 0 Å². The second-order valence-corrected chi connectivity index (χ2v) is 7.42. The molecule has 0 aromatic heterocycles. The Morgan fingerprint density at radius 1 is 0.958 bits per heavy atom. The molecule has 0 aliphatic carbocycles. The summed E-state index contributed by atoms with van der Waals surface area (Å²) < 4.78 is 62.5. The highest BCUT2D eigenvalue weighted by Crippen LogP contribution is 2.30. The van der Waals surface area contributed by atoms with Gasteiger partial charge in [-0.3, -0.25) is 0 Å². The molecule has 0 heterocycles. The smallest absolute Gasteiger partial charge is 0.382 e. The first-order valence-electron chi connectivity index (χ1n) is 6.97. The van der Waals surface area contributed by atoms with Crippen LogP contribution in [0.25, 0.3) is 0 Å². The van der Waals surface area contributed by atoms with Crippen molar-refractivity contribution in [1.82, 2.24) is 0 Å². The van der Waals surface area contributed by atoms with Crippen LogP contribution < -0.4 is 5.32 Å². The van der Waals surface area contributed by atoms with Crippen LogP contribution in [0.4, 0.5) is 18.9 Å². The standard InChI is InChI=1S/C16H16F3NO3S/c1-15(21,16(17,18)19)11-20-12-7-9-14(10-8-12)24(22,23)13-5-3-2-4-6-13/h2-10,20-21H,11H2,1H3. The molecule has 0 aliphatic heterocycles. The number of rotatable bonds is 5. The van der Waals surface area contributed by atoms with Gasteiger partial charge in [0.1, 0.15) is 0 Å². The van der Waals surface area contributed by atoms with Crippen LogP contribution in [0, 0.1) is 0 Å². The average Bonchev–Trinajstić information content (AvgIpc) is 2.53. The van der Waals surface area contributed by atoms with Gasteiger partial charge in [-0.2, -0.15) is 13.2 Å². The highest BCUT2D eigenvalue weighted by atomic mass is 32.2. The number of hydrogen-bond acceptors (Lipinski definition) is 4. The SMILES string of the molecule is CC(O)(CNc1ccc(S(=O)(=O)c2ccccc2)cc1)C(F)(F)F. The lowest BCUT2D eigenvalue weighted by Gasteiger charge is -2.26. The third kappa shape index (κ3) is 3.88. The molecule has 2 aromatic carbocycles. The van der Waals surface area contributed by atoms with Gasteiger partial charge in [-0.1, -0.05) is 18.2 Å². The summed E-state index contributed by atoms with van der Waals surface area (Å²) in [4.78, 5) is 0.160. The van der Waals surface area contributed by atoms with Crippen LogP contribution in [0.15, 0.2) is 64.4 Å². The van der Waals surface area contributed by atoms with Crippen molar-refractivity contribution in [3.05, 3.63) is 54.6 Å². The van der Waals surface area contributed by atoms with E-state index in [4.69, 9.17) is 0 Å². The van der Waals surface area contributed by atoms with Gasteiger partial charge in [-0.15, -0.1) is 0 Å². The molecule has 24 heavy (non-hydrogen) atoms. The quantitative estimate of drug-likeness (QED) is 0.860. The average molecular weight is 359 g/mol. The molecule has 0 spiro atoms. The van der Waals surface area contributed by atoms with Crippen molar-refractivity contribution in [2.24, 2.45) is 0 Å². The third-order valence-corrected chi connectivity index (χ3v) is 5.25. The number of sulfone groups is 1. The van der Waals surface area contributed by atoms with Crippen LogP contribution in [-0.2, 0) is 9.84 Å². The number of aliphatic hydroxyl groups is 1. The summed E-state index contributed by atoms with van der Waals surface area (Å²) in [5, 5.41) is 11.8. The number of nitrogens with one attached hydrogen (secondary N) is 1. The maximum atomic E-state index is 12.6. The number of alkyl halides is 3. The van der Waals surface area contributed by atoms with Crippen molar-refractivity contribution in [1.29, 1.82) is 0 Å². The lowest BCUT2D eigenvalue weighted by atomic mass is 10.1. The lowest BCUT2D eigenvalue weighted by molar-refractivity contribution is -0.246. The molecule has 0 amide bonds. The molecule has 0 bridgehead atoms. The molecule has 0 radical (unpaired) electrons. The summed E-state index contributed by atoms with van der Waals surface area (Å²) in [5.41, 5.74) is -2.62. The fraction of sp³-hybridized carbons (Fsp3) is 0.250. The largest absolute Gasteiger partial charge is 0.418 e. The van der Waals surface area contributed by atoms with Gasteiger partial charge in [0, 0.05) is 5.69 Å². The van der Waals surface area contributed by atoms with E-state index in [1.54, 1.807) is 18.2 Å². The van der Waals surface area contributed by atoms with Crippen molar-refractivity contribution in [2.75, 3.05) is 11.9 Å². The number of anilines is 1. The summed E-state index contributed by atoms with van der Waals surface area (Å²) in [6.07, 6.45) is -4.77. The van der Waals surface area contributed by atoms with E-state index in [1.165, 1.54) is 36.4 Å². The van der Waals surface area contributed by atoms with Gasteiger partial charge in [0.05, 0.1) is 16.3 Å². The number of hydrogen-bond donors (Lipinski definition) is 2. The molecule has 8 heteroatoms. The third-order valence-electron chi connectivity index (χ3n) is 3.47. The second kappa shape index (κ2) is 6.45. The monoisotopic (exact) mass is 359 g/mol. The first-order chi connectivity index (χ1) is 11.0. The van der Waals surface area contributed by atoms with E-state index >= 15 is 0 Å². The first kappa shape index (κ1) is 18.3. The fourth-order valence-electron chi connectivity index (χ4n) is 1.86. The molecule has 0 fully saturated rings. The van der Waals surface area contributed by atoms with E-state index in [0.717, 1.165) is 0 Å². The Hall–Kier alpha value is -2.06. The van der Waals surface area contributed by atoms with Crippen molar-refractivity contribution in [3.8, 4) is 0 Å². The first-order valence-corrected chi connectivity index (χ1v) is 8.45. The maximum absolute atomic E-state index is 12.6. The van der Waals surface area contributed by atoms with Crippen LogP contribution in [0.1, 0.15) is 6.92 Å².